The molecule has 3 nitrogen and oxygen atoms in total. The minimum absolute atomic E-state index is 0.870. The molecule has 0 radical (unpaired) electrons. The van der Waals surface area contributed by atoms with E-state index in [9.17, 15) is 0 Å². The molecule has 11 rings (SSSR count). The monoisotopic (exact) mass is 703 g/mol. The molecule has 0 N–H and O–H groups in total. The highest BCUT2D eigenvalue weighted by Crippen LogP contribution is 2.48. The molecular formula is C52H33NO2. The number of benzene rings is 9. The van der Waals surface area contributed by atoms with Crippen LogP contribution < -0.4 is 4.90 Å². The molecule has 0 spiro atoms. The highest BCUT2D eigenvalue weighted by molar-refractivity contribution is 6.19. The minimum atomic E-state index is 0.870. The van der Waals surface area contributed by atoms with Gasteiger partial charge in [-0.25, -0.2) is 0 Å². The molecule has 55 heavy (non-hydrogen) atoms. The molecule has 0 aliphatic rings. The number of hydrogen-bond acceptors (Lipinski definition) is 3. The van der Waals surface area contributed by atoms with Crippen LogP contribution in [0, 0.1) is 0 Å². The van der Waals surface area contributed by atoms with Crippen molar-refractivity contribution < 1.29 is 8.83 Å². The Bertz CT molecular complexity index is 3180. The summed E-state index contributed by atoms with van der Waals surface area (Å²) in [4.78, 5) is 2.35. The molecule has 0 fully saturated rings. The van der Waals surface area contributed by atoms with Gasteiger partial charge in [-0.15, -0.1) is 0 Å². The van der Waals surface area contributed by atoms with Crippen molar-refractivity contribution in [2.45, 2.75) is 0 Å². The van der Waals surface area contributed by atoms with Crippen LogP contribution in [0.15, 0.2) is 209 Å². The number of fused-ring (bicyclic) bond motifs is 8. The van der Waals surface area contributed by atoms with Crippen LogP contribution in [0.1, 0.15) is 0 Å². The quantitative estimate of drug-likeness (QED) is 0.173. The van der Waals surface area contributed by atoms with E-state index in [4.69, 9.17) is 8.83 Å². The van der Waals surface area contributed by atoms with Crippen molar-refractivity contribution in [2.75, 3.05) is 4.90 Å². The molecule has 0 amide bonds. The van der Waals surface area contributed by atoms with Gasteiger partial charge in [0.15, 0.2) is 0 Å². The van der Waals surface area contributed by atoms with Crippen molar-refractivity contribution in [1.82, 2.24) is 0 Å². The summed E-state index contributed by atoms with van der Waals surface area (Å²) in [5, 5.41) is 6.73. The van der Waals surface area contributed by atoms with Crippen LogP contribution in [-0.2, 0) is 0 Å². The van der Waals surface area contributed by atoms with E-state index in [-0.39, 0.29) is 0 Å². The summed E-state index contributed by atoms with van der Waals surface area (Å²) in [6, 6.07) is 70.8. The fraction of sp³-hybridized carbons (Fsp3) is 0. The van der Waals surface area contributed by atoms with Crippen molar-refractivity contribution in [3.63, 3.8) is 0 Å². The molecule has 0 saturated carbocycles. The van der Waals surface area contributed by atoms with Gasteiger partial charge >= 0.3 is 0 Å². The van der Waals surface area contributed by atoms with Crippen LogP contribution in [0.3, 0.4) is 0 Å². The first-order chi connectivity index (χ1) is 27.3. The molecule has 2 aromatic heterocycles. The lowest BCUT2D eigenvalue weighted by Gasteiger charge is -2.28. The third kappa shape index (κ3) is 5.13. The highest BCUT2D eigenvalue weighted by atomic mass is 16.3. The summed E-state index contributed by atoms with van der Waals surface area (Å²) in [6.45, 7) is 0. The zero-order valence-electron chi connectivity index (χ0n) is 29.8. The number of anilines is 3. The molecule has 0 atom stereocenters. The zero-order valence-corrected chi connectivity index (χ0v) is 29.8. The Labute approximate surface area is 317 Å². The first-order valence-corrected chi connectivity index (χ1v) is 18.7. The number of hydrogen-bond donors (Lipinski definition) is 0. The van der Waals surface area contributed by atoms with Gasteiger partial charge in [-0.3, -0.25) is 0 Å². The fourth-order valence-electron chi connectivity index (χ4n) is 8.25. The van der Waals surface area contributed by atoms with Gasteiger partial charge in [0.2, 0.25) is 0 Å². The predicted octanol–water partition coefficient (Wildman–Crippen LogP) is 15.1. The van der Waals surface area contributed by atoms with Crippen molar-refractivity contribution in [2.24, 2.45) is 0 Å². The lowest BCUT2D eigenvalue weighted by atomic mass is 9.97. The molecule has 9 aromatic carbocycles. The lowest BCUT2D eigenvalue weighted by Crippen LogP contribution is -2.11. The Morgan fingerprint density at radius 2 is 0.873 bits per heavy atom. The van der Waals surface area contributed by atoms with Crippen molar-refractivity contribution in [3.8, 4) is 33.4 Å². The lowest BCUT2D eigenvalue weighted by molar-refractivity contribution is 0.670. The minimum Gasteiger partial charge on any atom is -0.455 e. The SMILES string of the molecule is c1ccc(-c2ccc(N(c3ccc(-c4cccc5c4oc4ccccc45)cc3)c3ccc4c(oc5c6ccccc6ccc45)c3-c3ccccc3)cc2)cc1. The number of nitrogens with zero attached hydrogens (tertiary/aromatic N) is 1. The Balaban J connectivity index is 1.13. The van der Waals surface area contributed by atoms with Crippen LogP contribution in [0.4, 0.5) is 17.1 Å². The smallest absolute Gasteiger partial charge is 0.145 e. The van der Waals surface area contributed by atoms with Gasteiger partial charge in [0.25, 0.3) is 0 Å². The van der Waals surface area contributed by atoms with Crippen LogP contribution in [-0.4, -0.2) is 0 Å². The van der Waals surface area contributed by atoms with Crippen LogP contribution in [0.5, 0.6) is 0 Å². The molecule has 0 unspecified atom stereocenters. The zero-order chi connectivity index (χ0) is 36.3. The predicted molar refractivity (Wildman–Crippen MR) is 229 cm³/mol. The summed E-state index contributed by atoms with van der Waals surface area (Å²) in [5.41, 5.74) is 13.3. The van der Waals surface area contributed by atoms with E-state index in [0.29, 0.717) is 0 Å². The maximum Gasteiger partial charge on any atom is 0.145 e. The topological polar surface area (TPSA) is 29.5 Å². The largest absolute Gasteiger partial charge is 0.455 e. The van der Waals surface area contributed by atoms with Crippen LogP contribution in [0.25, 0.3) is 88.0 Å². The molecule has 258 valence electrons. The third-order valence-corrected chi connectivity index (χ3v) is 10.9. The van der Waals surface area contributed by atoms with E-state index in [2.05, 4.69) is 193 Å². The number of rotatable bonds is 6. The van der Waals surface area contributed by atoms with Crippen LogP contribution >= 0.6 is 0 Å². The molecule has 0 bridgehead atoms. The first-order valence-electron chi connectivity index (χ1n) is 18.7. The molecule has 0 saturated heterocycles. The van der Waals surface area contributed by atoms with Gasteiger partial charge in [-0.2, -0.15) is 0 Å². The van der Waals surface area contributed by atoms with E-state index in [1.54, 1.807) is 0 Å². The molecular weight excluding hydrogens is 671 g/mol. The molecule has 3 heteroatoms. The van der Waals surface area contributed by atoms with Gasteiger partial charge in [-0.05, 0) is 76.2 Å². The van der Waals surface area contributed by atoms with Gasteiger partial charge in [-0.1, -0.05) is 152 Å². The Hall–Kier alpha value is -7.36. The maximum absolute atomic E-state index is 7.00. The summed E-state index contributed by atoms with van der Waals surface area (Å²) in [6.07, 6.45) is 0. The number of furan rings is 2. The van der Waals surface area contributed by atoms with E-state index < -0.39 is 0 Å². The van der Waals surface area contributed by atoms with Crippen molar-refractivity contribution in [3.05, 3.63) is 200 Å². The Morgan fingerprint density at radius 1 is 0.309 bits per heavy atom. The number of para-hydroxylation sites is 2. The van der Waals surface area contributed by atoms with Gasteiger partial charge in [0.05, 0.1) is 5.69 Å². The van der Waals surface area contributed by atoms with E-state index in [1.807, 2.05) is 12.1 Å². The standard InChI is InChI=1S/C52H33NO2/c1-3-12-34(13-4-1)35-22-27-39(28-23-35)53(40-29-24-37(25-30-40)42-19-11-20-44-43-18-9-10-21-48(43)54-50(42)44)47-33-32-46-45-31-26-36-14-7-8-17-41(36)51(45)55-52(46)49(47)38-15-5-2-6-16-38/h1-33H. The summed E-state index contributed by atoms with van der Waals surface area (Å²) in [7, 11) is 0. The first kappa shape index (κ1) is 31.2. The van der Waals surface area contributed by atoms with Gasteiger partial charge in [0, 0.05) is 49.4 Å². The van der Waals surface area contributed by atoms with Crippen molar-refractivity contribution >= 4 is 71.7 Å². The molecule has 0 aliphatic heterocycles. The van der Waals surface area contributed by atoms with E-state index >= 15 is 0 Å². The second-order valence-corrected chi connectivity index (χ2v) is 14.0. The normalized spacial score (nSPS) is 11.6. The summed E-state index contributed by atoms with van der Waals surface area (Å²) < 4.78 is 13.4. The average Bonchev–Trinajstić information content (AvgIpc) is 3.84. The van der Waals surface area contributed by atoms with Crippen molar-refractivity contribution in [1.29, 1.82) is 0 Å². The molecule has 11 aromatic rings. The van der Waals surface area contributed by atoms with Gasteiger partial charge in [0.1, 0.15) is 22.3 Å². The average molecular weight is 704 g/mol. The van der Waals surface area contributed by atoms with E-state index in [1.165, 1.54) is 11.1 Å². The summed E-state index contributed by atoms with van der Waals surface area (Å²) >= 11 is 0. The van der Waals surface area contributed by atoms with Crippen LogP contribution in [0.2, 0.25) is 0 Å². The Kier molecular flexibility index (Phi) is 7.17. The Morgan fingerprint density at radius 3 is 1.64 bits per heavy atom. The molecule has 2 heterocycles. The maximum atomic E-state index is 7.00. The summed E-state index contributed by atoms with van der Waals surface area (Å²) in [5.74, 6) is 0. The fourth-order valence-corrected chi connectivity index (χ4v) is 8.25. The highest BCUT2D eigenvalue weighted by Gasteiger charge is 2.24. The third-order valence-electron chi connectivity index (χ3n) is 10.9. The second kappa shape index (κ2) is 12.6. The molecule has 0 aliphatic carbocycles. The van der Waals surface area contributed by atoms with E-state index in [0.717, 1.165) is 94.0 Å². The second-order valence-electron chi connectivity index (χ2n) is 14.0. The van der Waals surface area contributed by atoms with Gasteiger partial charge < -0.3 is 13.7 Å².